The van der Waals surface area contributed by atoms with Crippen molar-refractivity contribution in [2.45, 2.75) is 39.0 Å². The van der Waals surface area contributed by atoms with Gasteiger partial charge < -0.3 is 10.2 Å². The molecule has 1 heterocycles. The highest BCUT2D eigenvalue weighted by Crippen LogP contribution is 2.27. The Morgan fingerprint density at radius 3 is 2.22 bits per heavy atom. The molecule has 0 unspecified atom stereocenters. The lowest BCUT2D eigenvalue weighted by Crippen LogP contribution is -2.11. The lowest BCUT2D eigenvalue weighted by atomic mass is 9.97. The SMILES string of the molecule is CCC(CC)c1c(C(=O)O)nnn1-c1ccc(CC(=O)O)cc1. The van der Waals surface area contributed by atoms with Crippen LogP contribution >= 0.6 is 0 Å². The van der Waals surface area contributed by atoms with Crippen molar-refractivity contribution in [3.8, 4) is 5.69 Å². The first-order chi connectivity index (χ1) is 11.0. The molecule has 0 saturated heterocycles. The molecule has 7 nitrogen and oxygen atoms in total. The monoisotopic (exact) mass is 317 g/mol. The molecule has 0 saturated carbocycles. The van der Waals surface area contributed by atoms with Crippen LogP contribution in [0.15, 0.2) is 24.3 Å². The van der Waals surface area contributed by atoms with Crippen molar-refractivity contribution in [3.63, 3.8) is 0 Å². The van der Waals surface area contributed by atoms with E-state index in [9.17, 15) is 14.7 Å². The highest BCUT2D eigenvalue weighted by atomic mass is 16.4. The van der Waals surface area contributed by atoms with Gasteiger partial charge in [-0.15, -0.1) is 5.10 Å². The van der Waals surface area contributed by atoms with Crippen LogP contribution in [-0.4, -0.2) is 37.1 Å². The Hall–Kier alpha value is -2.70. The molecule has 0 aliphatic carbocycles. The third kappa shape index (κ3) is 3.56. The second-order valence-electron chi connectivity index (χ2n) is 5.29. The van der Waals surface area contributed by atoms with Gasteiger partial charge in [-0.05, 0) is 30.5 Å². The van der Waals surface area contributed by atoms with Crippen molar-refractivity contribution < 1.29 is 19.8 Å². The average Bonchev–Trinajstić information content (AvgIpc) is 2.94. The minimum Gasteiger partial charge on any atom is -0.481 e. The molecule has 2 aromatic rings. The Kier molecular flexibility index (Phi) is 5.10. The third-order valence-corrected chi connectivity index (χ3v) is 3.82. The lowest BCUT2D eigenvalue weighted by Gasteiger charge is -2.15. The van der Waals surface area contributed by atoms with E-state index in [1.807, 2.05) is 13.8 Å². The maximum Gasteiger partial charge on any atom is 0.358 e. The first-order valence-electron chi connectivity index (χ1n) is 7.47. The molecular weight excluding hydrogens is 298 g/mol. The predicted molar refractivity (Wildman–Crippen MR) is 83.0 cm³/mol. The number of hydrogen-bond donors (Lipinski definition) is 2. The summed E-state index contributed by atoms with van der Waals surface area (Å²) in [4.78, 5) is 22.1. The van der Waals surface area contributed by atoms with Crippen molar-refractivity contribution in [1.82, 2.24) is 15.0 Å². The minimum atomic E-state index is -1.10. The summed E-state index contributed by atoms with van der Waals surface area (Å²) in [5.41, 5.74) is 1.88. The molecule has 0 atom stereocenters. The Labute approximate surface area is 133 Å². The molecule has 2 N–H and O–H groups in total. The van der Waals surface area contributed by atoms with E-state index in [4.69, 9.17) is 5.11 Å². The molecule has 1 aromatic heterocycles. The van der Waals surface area contributed by atoms with Gasteiger partial charge in [0, 0.05) is 5.92 Å². The summed E-state index contributed by atoms with van der Waals surface area (Å²) >= 11 is 0. The Morgan fingerprint density at radius 2 is 1.74 bits per heavy atom. The molecule has 7 heteroatoms. The molecule has 122 valence electrons. The number of rotatable bonds is 7. The number of aromatic nitrogens is 3. The fourth-order valence-electron chi connectivity index (χ4n) is 2.60. The zero-order valence-corrected chi connectivity index (χ0v) is 13.1. The van der Waals surface area contributed by atoms with Crippen LogP contribution in [0.1, 0.15) is 54.4 Å². The largest absolute Gasteiger partial charge is 0.481 e. The van der Waals surface area contributed by atoms with E-state index in [0.29, 0.717) is 16.9 Å². The number of benzene rings is 1. The van der Waals surface area contributed by atoms with Crippen LogP contribution in [0.5, 0.6) is 0 Å². The van der Waals surface area contributed by atoms with E-state index >= 15 is 0 Å². The van der Waals surface area contributed by atoms with E-state index in [1.54, 1.807) is 24.3 Å². The van der Waals surface area contributed by atoms with Crippen LogP contribution < -0.4 is 0 Å². The highest BCUT2D eigenvalue weighted by Gasteiger charge is 2.25. The molecule has 0 aliphatic heterocycles. The van der Waals surface area contributed by atoms with Crippen LogP contribution in [0, 0.1) is 0 Å². The molecule has 2 rings (SSSR count). The van der Waals surface area contributed by atoms with Gasteiger partial charge in [0.05, 0.1) is 17.8 Å². The van der Waals surface area contributed by atoms with Gasteiger partial charge in [-0.25, -0.2) is 9.48 Å². The second-order valence-corrected chi connectivity index (χ2v) is 5.29. The quantitative estimate of drug-likeness (QED) is 0.813. The number of carboxylic acids is 2. The summed E-state index contributed by atoms with van der Waals surface area (Å²) in [5.74, 6) is -1.96. The predicted octanol–water partition coefficient (Wildman–Crippen LogP) is 2.50. The normalized spacial score (nSPS) is 10.9. The minimum absolute atomic E-state index is 0.0340. The van der Waals surface area contributed by atoms with Gasteiger partial charge in [0.1, 0.15) is 0 Å². The number of nitrogens with zero attached hydrogens (tertiary/aromatic N) is 3. The van der Waals surface area contributed by atoms with Gasteiger partial charge in [-0.3, -0.25) is 4.79 Å². The van der Waals surface area contributed by atoms with Gasteiger partial charge in [0.2, 0.25) is 0 Å². The third-order valence-electron chi connectivity index (χ3n) is 3.82. The van der Waals surface area contributed by atoms with Crippen molar-refractivity contribution in [2.75, 3.05) is 0 Å². The van der Waals surface area contributed by atoms with E-state index < -0.39 is 11.9 Å². The first-order valence-corrected chi connectivity index (χ1v) is 7.47. The first kappa shape index (κ1) is 16.7. The zero-order chi connectivity index (χ0) is 17.0. The fraction of sp³-hybridized carbons (Fsp3) is 0.375. The van der Waals surface area contributed by atoms with Gasteiger partial charge in [-0.1, -0.05) is 31.2 Å². The van der Waals surface area contributed by atoms with Crippen LogP contribution in [0.4, 0.5) is 0 Å². The summed E-state index contributed by atoms with van der Waals surface area (Å²) in [6.07, 6.45) is 1.50. The molecular formula is C16H19N3O4. The summed E-state index contributed by atoms with van der Waals surface area (Å²) in [7, 11) is 0. The fourth-order valence-corrected chi connectivity index (χ4v) is 2.60. The molecule has 1 aromatic carbocycles. The van der Waals surface area contributed by atoms with Crippen molar-refractivity contribution >= 4 is 11.9 Å². The van der Waals surface area contributed by atoms with Crippen LogP contribution in [0.25, 0.3) is 5.69 Å². The van der Waals surface area contributed by atoms with Crippen molar-refractivity contribution in [3.05, 3.63) is 41.2 Å². The molecule has 0 aliphatic rings. The summed E-state index contributed by atoms with van der Waals surface area (Å²) in [6, 6.07) is 6.85. The maximum atomic E-state index is 11.4. The molecule has 23 heavy (non-hydrogen) atoms. The van der Waals surface area contributed by atoms with Crippen molar-refractivity contribution in [2.24, 2.45) is 0 Å². The molecule has 0 fully saturated rings. The molecule has 0 bridgehead atoms. The second kappa shape index (κ2) is 7.04. The number of carboxylic acid groups (broad SMARTS) is 2. The Bertz CT molecular complexity index is 703. The lowest BCUT2D eigenvalue weighted by molar-refractivity contribution is -0.136. The number of hydrogen-bond acceptors (Lipinski definition) is 4. The standard InChI is InChI=1S/C16H19N3O4/c1-3-11(4-2)15-14(16(22)23)17-18-19(15)12-7-5-10(6-8-12)9-13(20)21/h5-8,11H,3-4,9H2,1-2H3,(H,20,21)(H,22,23). The number of aromatic carboxylic acids is 1. The molecule has 0 radical (unpaired) electrons. The van der Waals surface area contributed by atoms with Gasteiger partial charge in [0.25, 0.3) is 0 Å². The van der Waals surface area contributed by atoms with Gasteiger partial charge in [0.15, 0.2) is 5.69 Å². The topological polar surface area (TPSA) is 105 Å². The van der Waals surface area contributed by atoms with Crippen molar-refractivity contribution in [1.29, 1.82) is 0 Å². The van der Waals surface area contributed by atoms with E-state index in [-0.39, 0.29) is 18.0 Å². The highest BCUT2D eigenvalue weighted by molar-refractivity contribution is 5.86. The average molecular weight is 317 g/mol. The van der Waals surface area contributed by atoms with Gasteiger partial charge in [-0.2, -0.15) is 0 Å². The van der Waals surface area contributed by atoms with Crippen LogP contribution in [0.3, 0.4) is 0 Å². The van der Waals surface area contributed by atoms with E-state index in [2.05, 4.69) is 10.3 Å². The molecule has 0 amide bonds. The smallest absolute Gasteiger partial charge is 0.358 e. The van der Waals surface area contributed by atoms with Crippen LogP contribution in [0.2, 0.25) is 0 Å². The summed E-state index contributed by atoms with van der Waals surface area (Å²) < 4.78 is 1.53. The molecule has 0 spiro atoms. The van der Waals surface area contributed by atoms with E-state index in [0.717, 1.165) is 12.8 Å². The summed E-state index contributed by atoms with van der Waals surface area (Å²) in [5, 5.41) is 25.9. The maximum absolute atomic E-state index is 11.4. The number of carbonyl (C=O) groups is 2. The summed E-state index contributed by atoms with van der Waals surface area (Å²) in [6.45, 7) is 3.99. The zero-order valence-electron chi connectivity index (χ0n) is 13.1. The number of aliphatic carboxylic acids is 1. The van der Waals surface area contributed by atoms with Crippen LogP contribution in [-0.2, 0) is 11.2 Å². The van der Waals surface area contributed by atoms with E-state index in [1.165, 1.54) is 4.68 Å². The Morgan fingerprint density at radius 1 is 1.13 bits per heavy atom. The Balaban J connectivity index is 2.46. The van der Waals surface area contributed by atoms with Gasteiger partial charge >= 0.3 is 11.9 Å².